The zero-order valence-corrected chi connectivity index (χ0v) is 12.7. The van der Waals surface area contributed by atoms with Crippen molar-refractivity contribution in [2.45, 2.75) is 13.8 Å². The molecule has 23 heavy (non-hydrogen) atoms. The second-order valence-electron chi connectivity index (χ2n) is 5.43. The van der Waals surface area contributed by atoms with Crippen molar-refractivity contribution in [3.05, 3.63) is 76.0 Å². The second kappa shape index (κ2) is 5.76. The third-order valence-corrected chi connectivity index (χ3v) is 3.62. The molecule has 0 bridgehead atoms. The molecular weight excluding hydrogens is 298 g/mol. The number of carbonyl (C=O) groups is 1. The van der Waals surface area contributed by atoms with Gasteiger partial charge in [0.1, 0.15) is 11.5 Å². The summed E-state index contributed by atoms with van der Waals surface area (Å²) in [6.45, 7) is 3.91. The highest BCUT2D eigenvalue weighted by atomic mass is 19.2. The van der Waals surface area contributed by atoms with Crippen LogP contribution in [0.25, 0.3) is 6.08 Å². The van der Waals surface area contributed by atoms with Gasteiger partial charge in [0.2, 0.25) is 0 Å². The van der Waals surface area contributed by atoms with Crippen molar-refractivity contribution in [1.29, 1.82) is 0 Å². The molecule has 0 fully saturated rings. The lowest BCUT2D eigenvalue weighted by molar-refractivity contribution is -0.115. The number of hydrogen-bond donors (Lipinski definition) is 1. The summed E-state index contributed by atoms with van der Waals surface area (Å²) in [5, 5.41) is 2.57. The van der Waals surface area contributed by atoms with Gasteiger partial charge in [-0.2, -0.15) is 0 Å². The first-order chi connectivity index (χ1) is 10.9. The van der Waals surface area contributed by atoms with E-state index in [1.54, 1.807) is 6.08 Å². The van der Waals surface area contributed by atoms with Gasteiger partial charge in [-0.1, -0.05) is 23.8 Å². The third kappa shape index (κ3) is 3.04. The molecule has 0 atom stereocenters. The van der Waals surface area contributed by atoms with Crippen LogP contribution in [0.3, 0.4) is 0 Å². The van der Waals surface area contributed by atoms with Crippen LogP contribution in [0.4, 0.5) is 8.78 Å². The lowest BCUT2D eigenvalue weighted by atomic mass is 10.0. The number of benzene rings is 2. The van der Waals surface area contributed by atoms with Crippen molar-refractivity contribution in [3.8, 4) is 0 Å². The molecule has 0 unspecified atom stereocenters. The lowest BCUT2D eigenvalue weighted by Crippen LogP contribution is -2.24. The van der Waals surface area contributed by atoms with Crippen molar-refractivity contribution in [2.75, 3.05) is 0 Å². The minimum Gasteiger partial charge on any atom is -0.305 e. The van der Waals surface area contributed by atoms with E-state index in [1.165, 1.54) is 6.07 Å². The van der Waals surface area contributed by atoms with Crippen LogP contribution in [0.15, 0.2) is 47.1 Å². The van der Waals surface area contributed by atoms with Gasteiger partial charge >= 0.3 is 0 Å². The molecule has 5 heteroatoms. The fraction of sp³-hybridized carbons (Fsp3) is 0.111. The van der Waals surface area contributed by atoms with E-state index in [2.05, 4.69) is 10.3 Å². The van der Waals surface area contributed by atoms with Gasteiger partial charge in [0.25, 0.3) is 5.91 Å². The molecule has 2 aromatic carbocycles. The molecular formula is C18H14F2N2O. The number of aryl methyl sites for hydroxylation is 2. The number of hydrogen-bond acceptors (Lipinski definition) is 2. The quantitative estimate of drug-likeness (QED) is 0.847. The van der Waals surface area contributed by atoms with Gasteiger partial charge in [-0.05, 0) is 49.2 Å². The molecule has 3 nitrogen and oxygen atoms in total. The average molecular weight is 312 g/mol. The Balaban J connectivity index is 1.99. The highest BCUT2D eigenvalue weighted by molar-refractivity contribution is 6.19. The van der Waals surface area contributed by atoms with Crippen molar-refractivity contribution < 1.29 is 13.6 Å². The van der Waals surface area contributed by atoms with Crippen molar-refractivity contribution >= 4 is 17.8 Å². The number of halogens is 2. The molecule has 1 N–H and O–H groups in total. The van der Waals surface area contributed by atoms with Crippen LogP contribution >= 0.6 is 0 Å². The molecule has 116 valence electrons. The molecule has 1 aliphatic heterocycles. The summed E-state index contributed by atoms with van der Waals surface area (Å²) >= 11 is 0. The summed E-state index contributed by atoms with van der Waals surface area (Å²) in [5.74, 6) is -2.08. The van der Waals surface area contributed by atoms with E-state index in [1.807, 2.05) is 32.0 Å². The summed E-state index contributed by atoms with van der Waals surface area (Å²) < 4.78 is 26.3. The highest BCUT2D eigenvalue weighted by Gasteiger charge is 2.22. The smallest absolute Gasteiger partial charge is 0.275 e. The summed E-state index contributed by atoms with van der Waals surface area (Å²) in [7, 11) is 0. The van der Waals surface area contributed by atoms with Gasteiger partial charge in [0.15, 0.2) is 11.6 Å². The monoisotopic (exact) mass is 312 g/mol. The molecule has 0 saturated carbocycles. The summed E-state index contributed by atoms with van der Waals surface area (Å²) in [6, 6.07) is 9.30. The van der Waals surface area contributed by atoms with Gasteiger partial charge in [-0.3, -0.25) is 4.79 Å². The fourth-order valence-electron chi connectivity index (χ4n) is 2.31. The van der Waals surface area contributed by atoms with Gasteiger partial charge in [-0.15, -0.1) is 0 Å². The van der Waals surface area contributed by atoms with Crippen LogP contribution in [0.1, 0.15) is 22.3 Å². The van der Waals surface area contributed by atoms with Gasteiger partial charge in [-0.25, -0.2) is 13.8 Å². The van der Waals surface area contributed by atoms with Crippen LogP contribution in [-0.4, -0.2) is 11.7 Å². The van der Waals surface area contributed by atoms with Crippen LogP contribution in [-0.2, 0) is 4.79 Å². The number of carbonyl (C=O) groups excluding carboxylic acids is 1. The van der Waals surface area contributed by atoms with Crippen LogP contribution in [0.5, 0.6) is 0 Å². The number of nitrogens with zero attached hydrogens (tertiary/aromatic N) is 1. The average Bonchev–Trinajstić information content (AvgIpc) is 2.87. The predicted molar refractivity (Wildman–Crippen MR) is 84.9 cm³/mol. The van der Waals surface area contributed by atoms with E-state index in [4.69, 9.17) is 0 Å². The zero-order valence-electron chi connectivity index (χ0n) is 12.7. The minimum absolute atomic E-state index is 0.213. The molecule has 0 spiro atoms. The van der Waals surface area contributed by atoms with Gasteiger partial charge < -0.3 is 5.32 Å². The number of amides is 1. The first kappa shape index (κ1) is 15.1. The van der Waals surface area contributed by atoms with E-state index >= 15 is 0 Å². The SMILES string of the molecule is Cc1ccc(C)c(/C=C2/N=C(c3ccc(F)c(F)c3)NC2=O)c1. The van der Waals surface area contributed by atoms with Gasteiger partial charge in [0, 0.05) is 5.56 Å². The number of amidine groups is 1. The molecule has 0 saturated heterocycles. The maximum absolute atomic E-state index is 13.3. The van der Waals surface area contributed by atoms with Crippen molar-refractivity contribution in [1.82, 2.24) is 5.32 Å². The first-order valence-corrected chi connectivity index (χ1v) is 7.08. The first-order valence-electron chi connectivity index (χ1n) is 7.08. The van der Waals surface area contributed by atoms with Crippen LogP contribution < -0.4 is 5.32 Å². The Bertz CT molecular complexity index is 869. The van der Waals surface area contributed by atoms with E-state index < -0.39 is 11.6 Å². The van der Waals surface area contributed by atoms with Crippen LogP contribution in [0.2, 0.25) is 0 Å². The molecule has 2 aromatic rings. The molecule has 0 aliphatic carbocycles. The summed E-state index contributed by atoms with van der Waals surface area (Å²) in [5.41, 5.74) is 3.54. The van der Waals surface area contributed by atoms with Crippen molar-refractivity contribution in [2.24, 2.45) is 4.99 Å². The predicted octanol–water partition coefficient (Wildman–Crippen LogP) is 3.50. The molecule has 1 heterocycles. The maximum atomic E-state index is 13.3. The van der Waals surface area contributed by atoms with E-state index in [9.17, 15) is 13.6 Å². The lowest BCUT2D eigenvalue weighted by Gasteiger charge is -2.02. The summed E-state index contributed by atoms with van der Waals surface area (Å²) in [4.78, 5) is 16.3. The fourth-order valence-corrected chi connectivity index (χ4v) is 2.31. The zero-order chi connectivity index (χ0) is 16.6. The Hall–Kier alpha value is -2.82. The Kier molecular flexibility index (Phi) is 3.78. The summed E-state index contributed by atoms with van der Waals surface area (Å²) in [6.07, 6.45) is 1.69. The van der Waals surface area contributed by atoms with Crippen molar-refractivity contribution in [3.63, 3.8) is 0 Å². The number of aliphatic imine (C=N–C) groups is 1. The molecule has 0 radical (unpaired) electrons. The Labute approximate surface area is 132 Å². The van der Waals surface area contributed by atoms with E-state index in [-0.39, 0.29) is 17.4 Å². The molecule has 1 aliphatic rings. The Morgan fingerprint density at radius 2 is 1.83 bits per heavy atom. The molecule has 3 rings (SSSR count). The largest absolute Gasteiger partial charge is 0.305 e. The van der Waals surface area contributed by atoms with Gasteiger partial charge in [0.05, 0.1) is 0 Å². The topological polar surface area (TPSA) is 41.5 Å². The number of rotatable bonds is 2. The molecule has 0 aromatic heterocycles. The normalized spacial score (nSPS) is 15.7. The van der Waals surface area contributed by atoms with Crippen LogP contribution in [0, 0.1) is 25.5 Å². The van der Waals surface area contributed by atoms with E-state index in [0.29, 0.717) is 5.56 Å². The highest BCUT2D eigenvalue weighted by Crippen LogP contribution is 2.19. The Morgan fingerprint density at radius 3 is 2.57 bits per heavy atom. The second-order valence-corrected chi connectivity index (χ2v) is 5.43. The van der Waals surface area contributed by atoms with E-state index in [0.717, 1.165) is 28.8 Å². The standard InChI is InChI=1S/C18H14F2N2O/c1-10-3-4-11(2)13(7-10)9-16-18(23)22-17(21-16)12-5-6-14(19)15(20)8-12/h3-9H,1-2H3,(H,21,22,23)/b16-9+. The molecule has 1 amide bonds. The third-order valence-electron chi connectivity index (χ3n) is 3.62. The maximum Gasteiger partial charge on any atom is 0.275 e. The number of nitrogens with one attached hydrogen (secondary N) is 1. The minimum atomic E-state index is -0.980. The Morgan fingerprint density at radius 1 is 1.04 bits per heavy atom.